The molecule has 1 aromatic carbocycles. The SMILES string of the molecule is CCOc1cccc(-c2ccnc(Cl)c2N)c1F. The van der Waals surface area contributed by atoms with Crippen LogP contribution in [0.5, 0.6) is 5.75 Å². The average molecular weight is 267 g/mol. The second-order valence-electron chi connectivity index (χ2n) is 3.61. The minimum Gasteiger partial charge on any atom is -0.491 e. The average Bonchev–Trinajstić information content (AvgIpc) is 2.36. The van der Waals surface area contributed by atoms with E-state index in [2.05, 4.69) is 4.98 Å². The van der Waals surface area contributed by atoms with Gasteiger partial charge in [0.2, 0.25) is 0 Å². The fraction of sp³-hybridized carbons (Fsp3) is 0.154. The van der Waals surface area contributed by atoms with Crippen molar-refractivity contribution in [3.63, 3.8) is 0 Å². The van der Waals surface area contributed by atoms with Gasteiger partial charge in [0.25, 0.3) is 0 Å². The minimum absolute atomic E-state index is 0.161. The third-order valence-electron chi connectivity index (χ3n) is 2.49. The van der Waals surface area contributed by atoms with Crippen LogP contribution in [0.4, 0.5) is 10.1 Å². The Balaban J connectivity index is 2.57. The summed E-state index contributed by atoms with van der Waals surface area (Å²) in [6.07, 6.45) is 1.49. The number of nitrogen functional groups attached to an aromatic ring is 1. The molecule has 2 N–H and O–H groups in total. The Morgan fingerprint density at radius 2 is 2.11 bits per heavy atom. The molecule has 0 aliphatic heterocycles. The third-order valence-corrected chi connectivity index (χ3v) is 2.80. The van der Waals surface area contributed by atoms with Gasteiger partial charge in [0.1, 0.15) is 0 Å². The van der Waals surface area contributed by atoms with Crippen molar-refractivity contribution in [3.8, 4) is 16.9 Å². The quantitative estimate of drug-likeness (QED) is 0.865. The summed E-state index contributed by atoms with van der Waals surface area (Å²) in [6.45, 7) is 2.19. The van der Waals surface area contributed by atoms with Gasteiger partial charge in [-0.1, -0.05) is 23.7 Å². The number of hydrogen-bond donors (Lipinski definition) is 1. The van der Waals surface area contributed by atoms with Crippen LogP contribution in [0.2, 0.25) is 5.15 Å². The van der Waals surface area contributed by atoms with E-state index < -0.39 is 5.82 Å². The summed E-state index contributed by atoms with van der Waals surface area (Å²) >= 11 is 5.83. The zero-order valence-electron chi connectivity index (χ0n) is 9.78. The monoisotopic (exact) mass is 266 g/mol. The maximum atomic E-state index is 14.2. The van der Waals surface area contributed by atoms with Crippen molar-refractivity contribution in [2.24, 2.45) is 0 Å². The Labute approximate surface area is 109 Å². The van der Waals surface area contributed by atoms with E-state index in [-0.39, 0.29) is 16.6 Å². The zero-order chi connectivity index (χ0) is 13.1. The lowest BCUT2D eigenvalue weighted by Crippen LogP contribution is -1.98. The van der Waals surface area contributed by atoms with Crippen molar-refractivity contribution in [1.82, 2.24) is 4.98 Å². The minimum atomic E-state index is -0.451. The lowest BCUT2D eigenvalue weighted by molar-refractivity contribution is 0.322. The van der Waals surface area contributed by atoms with Crippen LogP contribution in [0.3, 0.4) is 0 Å². The normalized spacial score (nSPS) is 10.4. The fourth-order valence-electron chi connectivity index (χ4n) is 1.67. The molecule has 0 saturated heterocycles. The van der Waals surface area contributed by atoms with Gasteiger partial charge in [-0.05, 0) is 19.1 Å². The highest BCUT2D eigenvalue weighted by Crippen LogP contribution is 2.34. The predicted octanol–water partition coefficient (Wildman–Crippen LogP) is 3.52. The van der Waals surface area contributed by atoms with Crippen LogP contribution in [0, 0.1) is 5.82 Å². The second-order valence-corrected chi connectivity index (χ2v) is 3.97. The van der Waals surface area contributed by atoms with Gasteiger partial charge in [0.05, 0.1) is 12.3 Å². The summed E-state index contributed by atoms with van der Waals surface area (Å²) in [6, 6.07) is 6.52. The molecule has 0 fully saturated rings. The van der Waals surface area contributed by atoms with E-state index in [0.29, 0.717) is 17.7 Å². The van der Waals surface area contributed by atoms with Gasteiger partial charge in [-0.3, -0.25) is 0 Å². The first kappa shape index (κ1) is 12.6. The molecule has 1 aromatic heterocycles. The number of benzene rings is 1. The molecule has 0 aliphatic rings. The Kier molecular flexibility index (Phi) is 3.67. The molecule has 0 atom stereocenters. The number of pyridine rings is 1. The molecule has 5 heteroatoms. The highest BCUT2D eigenvalue weighted by atomic mass is 35.5. The molecule has 1 heterocycles. The largest absolute Gasteiger partial charge is 0.491 e. The van der Waals surface area contributed by atoms with Crippen molar-refractivity contribution >= 4 is 17.3 Å². The molecule has 94 valence electrons. The van der Waals surface area contributed by atoms with Gasteiger partial charge in [-0.2, -0.15) is 0 Å². The van der Waals surface area contributed by atoms with Crippen LogP contribution in [0.15, 0.2) is 30.5 Å². The molecule has 2 rings (SSSR count). The van der Waals surface area contributed by atoms with Gasteiger partial charge < -0.3 is 10.5 Å². The van der Waals surface area contributed by atoms with Crippen molar-refractivity contribution in [2.75, 3.05) is 12.3 Å². The Hall–Kier alpha value is -1.81. The molecule has 0 aliphatic carbocycles. The van der Waals surface area contributed by atoms with Crippen LogP contribution < -0.4 is 10.5 Å². The van der Waals surface area contributed by atoms with E-state index >= 15 is 0 Å². The van der Waals surface area contributed by atoms with E-state index in [1.807, 2.05) is 0 Å². The molecule has 0 radical (unpaired) electrons. The number of rotatable bonds is 3. The van der Waals surface area contributed by atoms with Crippen molar-refractivity contribution in [3.05, 3.63) is 41.4 Å². The maximum absolute atomic E-state index is 14.2. The fourth-order valence-corrected chi connectivity index (χ4v) is 1.83. The molecule has 18 heavy (non-hydrogen) atoms. The second kappa shape index (κ2) is 5.23. The molecule has 2 aromatic rings. The van der Waals surface area contributed by atoms with Gasteiger partial charge in [0.15, 0.2) is 16.7 Å². The van der Waals surface area contributed by atoms with E-state index in [4.69, 9.17) is 22.1 Å². The highest BCUT2D eigenvalue weighted by molar-refractivity contribution is 6.32. The standard InChI is InChI=1S/C13H12ClFN2O/c1-2-18-10-5-3-4-8(11(10)15)9-6-7-17-13(14)12(9)16/h3-7H,2,16H2,1H3. The third kappa shape index (κ3) is 2.24. The van der Waals surface area contributed by atoms with E-state index in [0.717, 1.165) is 0 Å². The first-order chi connectivity index (χ1) is 8.65. The topological polar surface area (TPSA) is 48.1 Å². The zero-order valence-corrected chi connectivity index (χ0v) is 10.5. The predicted molar refractivity (Wildman–Crippen MR) is 70.2 cm³/mol. The number of halogens is 2. The van der Waals surface area contributed by atoms with Crippen LogP contribution >= 0.6 is 11.6 Å². The van der Waals surface area contributed by atoms with E-state index in [1.165, 1.54) is 6.20 Å². The van der Waals surface area contributed by atoms with Gasteiger partial charge >= 0.3 is 0 Å². The molecule has 0 spiro atoms. The van der Waals surface area contributed by atoms with Crippen LogP contribution in [-0.2, 0) is 0 Å². The maximum Gasteiger partial charge on any atom is 0.172 e. The summed E-state index contributed by atoms with van der Waals surface area (Å²) in [4.78, 5) is 3.84. The smallest absolute Gasteiger partial charge is 0.172 e. The summed E-state index contributed by atoms with van der Waals surface area (Å²) in [7, 11) is 0. The van der Waals surface area contributed by atoms with Crippen molar-refractivity contribution < 1.29 is 9.13 Å². The molecule has 0 bridgehead atoms. The number of nitrogens with two attached hydrogens (primary N) is 1. The first-order valence-corrected chi connectivity index (χ1v) is 5.84. The van der Waals surface area contributed by atoms with Crippen LogP contribution in [0.1, 0.15) is 6.92 Å². The number of ether oxygens (including phenoxy) is 1. The molecule has 3 nitrogen and oxygen atoms in total. The van der Waals surface area contributed by atoms with Gasteiger partial charge in [0, 0.05) is 17.3 Å². The molecule has 0 amide bonds. The molecule has 0 saturated carbocycles. The number of hydrogen-bond acceptors (Lipinski definition) is 3. The van der Waals surface area contributed by atoms with Crippen LogP contribution in [0.25, 0.3) is 11.1 Å². The first-order valence-electron chi connectivity index (χ1n) is 5.46. The van der Waals surface area contributed by atoms with Crippen molar-refractivity contribution in [2.45, 2.75) is 6.92 Å². The van der Waals surface area contributed by atoms with Gasteiger partial charge in [-0.25, -0.2) is 9.37 Å². The number of nitrogens with zero attached hydrogens (tertiary/aromatic N) is 1. The summed E-state index contributed by atoms with van der Waals surface area (Å²) < 4.78 is 19.4. The summed E-state index contributed by atoms with van der Waals surface area (Å²) in [5.41, 5.74) is 6.92. The van der Waals surface area contributed by atoms with E-state index in [9.17, 15) is 4.39 Å². The van der Waals surface area contributed by atoms with Crippen molar-refractivity contribution in [1.29, 1.82) is 0 Å². The summed E-state index contributed by atoms with van der Waals surface area (Å²) in [5.74, 6) is -0.254. The number of aromatic nitrogens is 1. The van der Waals surface area contributed by atoms with Gasteiger partial charge in [-0.15, -0.1) is 0 Å². The molecular weight excluding hydrogens is 255 g/mol. The lowest BCUT2D eigenvalue weighted by atomic mass is 10.0. The number of anilines is 1. The van der Waals surface area contributed by atoms with Crippen LogP contribution in [-0.4, -0.2) is 11.6 Å². The molecule has 0 unspecified atom stereocenters. The Bertz CT molecular complexity index is 575. The highest BCUT2D eigenvalue weighted by Gasteiger charge is 2.14. The lowest BCUT2D eigenvalue weighted by Gasteiger charge is -2.11. The van der Waals surface area contributed by atoms with E-state index in [1.54, 1.807) is 31.2 Å². The summed E-state index contributed by atoms with van der Waals surface area (Å²) in [5, 5.41) is 0.161. The Morgan fingerprint density at radius 1 is 1.33 bits per heavy atom. The molecular formula is C13H12ClFN2O. The Morgan fingerprint density at radius 3 is 2.83 bits per heavy atom.